The molecule has 4 rings (SSSR count). The van der Waals surface area contributed by atoms with Crippen molar-refractivity contribution in [3.63, 3.8) is 0 Å². The van der Waals surface area contributed by atoms with E-state index in [1.54, 1.807) is 5.57 Å². The molecule has 4 aliphatic rings. The normalized spacial score (nSPS) is 34.8. The predicted molar refractivity (Wildman–Crippen MR) is 202 cm³/mol. The van der Waals surface area contributed by atoms with Gasteiger partial charge < -0.3 is 5.11 Å². The van der Waals surface area contributed by atoms with Crippen LogP contribution in [0, 0.1) is 46.3 Å². The van der Waals surface area contributed by atoms with E-state index >= 15 is 0 Å². The first kappa shape index (κ1) is 38.2. The lowest BCUT2D eigenvalue weighted by Gasteiger charge is -2.59. The lowest BCUT2D eigenvalue weighted by atomic mass is 9.46. The Bertz CT molecular complexity index is 929. The summed E-state index contributed by atoms with van der Waals surface area (Å²) >= 11 is 0. The van der Waals surface area contributed by atoms with Crippen molar-refractivity contribution in [3.8, 4) is 0 Å². The first-order chi connectivity index (χ1) is 22.1. The number of rotatable bonds is 21. The molecule has 0 aliphatic heterocycles. The number of hydrogen-bond donors (Lipinski definition) is 1. The number of fused-ring (bicyclic) bond motifs is 5. The standard InChI is InChI=1S/C45H80O/c1-7-8-9-10-11-12-13-14-15-16-17-18-19-20-21-22-31-45(46)34-33-43(5)38(35-45)26-27-39-41-29-28-40(37(4)25-23-24-36(2)3)44(41,6)32-30-42(39)43/h14-15,26,36-37,39-42,46H,7-13,16-25,27-35H2,1-6H3/t37-,39+,40-,41+,42+,43+,44-,45-/m1/s1. The summed E-state index contributed by atoms with van der Waals surface area (Å²) in [7, 11) is 0. The Kier molecular flexibility index (Phi) is 15.3. The van der Waals surface area contributed by atoms with Crippen molar-refractivity contribution in [1.82, 2.24) is 0 Å². The van der Waals surface area contributed by atoms with Crippen molar-refractivity contribution < 1.29 is 5.11 Å². The van der Waals surface area contributed by atoms with Crippen LogP contribution in [-0.4, -0.2) is 10.7 Å². The van der Waals surface area contributed by atoms with Gasteiger partial charge in [-0.2, -0.15) is 0 Å². The Morgan fingerprint density at radius 1 is 0.739 bits per heavy atom. The Morgan fingerprint density at radius 3 is 2.07 bits per heavy atom. The topological polar surface area (TPSA) is 20.2 Å². The number of unbranched alkanes of at least 4 members (excludes halogenated alkanes) is 12. The molecular formula is C45H80O. The maximum atomic E-state index is 11.8. The fourth-order valence-corrected chi connectivity index (χ4v) is 11.7. The molecule has 0 heterocycles. The Labute approximate surface area is 288 Å². The molecule has 3 fully saturated rings. The fraction of sp³-hybridized carbons (Fsp3) is 0.911. The molecule has 0 unspecified atom stereocenters. The lowest BCUT2D eigenvalue weighted by molar-refractivity contribution is -0.0771. The van der Waals surface area contributed by atoms with Gasteiger partial charge >= 0.3 is 0 Å². The average Bonchev–Trinajstić information content (AvgIpc) is 3.38. The summed E-state index contributed by atoms with van der Waals surface area (Å²) in [5.41, 5.74) is 2.14. The monoisotopic (exact) mass is 637 g/mol. The summed E-state index contributed by atoms with van der Waals surface area (Å²) in [4.78, 5) is 0. The van der Waals surface area contributed by atoms with Gasteiger partial charge in [0.2, 0.25) is 0 Å². The van der Waals surface area contributed by atoms with Gasteiger partial charge in [-0.3, -0.25) is 0 Å². The van der Waals surface area contributed by atoms with Crippen molar-refractivity contribution >= 4 is 0 Å². The maximum Gasteiger partial charge on any atom is 0.0685 e. The van der Waals surface area contributed by atoms with Crippen molar-refractivity contribution in [2.24, 2.45) is 46.3 Å². The molecule has 1 N–H and O–H groups in total. The largest absolute Gasteiger partial charge is 0.390 e. The van der Waals surface area contributed by atoms with Crippen LogP contribution in [0.4, 0.5) is 0 Å². The fourth-order valence-electron chi connectivity index (χ4n) is 11.7. The molecule has 0 aromatic carbocycles. The third-order valence-corrected chi connectivity index (χ3v) is 14.6. The van der Waals surface area contributed by atoms with Crippen LogP contribution in [0.1, 0.15) is 208 Å². The van der Waals surface area contributed by atoms with Crippen molar-refractivity contribution in [3.05, 3.63) is 23.8 Å². The molecule has 1 heteroatoms. The van der Waals surface area contributed by atoms with Gasteiger partial charge in [-0.25, -0.2) is 0 Å². The van der Waals surface area contributed by atoms with Gasteiger partial charge in [0.15, 0.2) is 0 Å². The minimum absolute atomic E-state index is 0.348. The van der Waals surface area contributed by atoms with Crippen molar-refractivity contribution in [2.75, 3.05) is 0 Å². The molecule has 0 amide bonds. The number of hydrogen-bond acceptors (Lipinski definition) is 1. The van der Waals surface area contributed by atoms with Gasteiger partial charge in [-0.1, -0.05) is 149 Å². The summed E-state index contributed by atoms with van der Waals surface area (Å²) in [5.74, 6) is 5.36. The van der Waals surface area contributed by atoms with Gasteiger partial charge in [-0.15, -0.1) is 0 Å². The van der Waals surface area contributed by atoms with Crippen LogP contribution in [0.3, 0.4) is 0 Å². The average molecular weight is 637 g/mol. The van der Waals surface area contributed by atoms with E-state index in [0.29, 0.717) is 10.8 Å². The summed E-state index contributed by atoms with van der Waals surface area (Å²) in [6.07, 6.45) is 42.1. The third kappa shape index (κ3) is 10.0. The second kappa shape index (κ2) is 18.4. The van der Waals surface area contributed by atoms with Crippen LogP contribution in [-0.2, 0) is 0 Å². The van der Waals surface area contributed by atoms with E-state index in [4.69, 9.17) is 0 Å². The van der Waals surface area contributed by atoms with E-state index < -0.39 is 5.60 Å². The van der Waals surface area contributed by atoms with Gasteiger partial charge in [0, 0.05) is 0 Å². The Hall–Kier alpha value is -0.560. The summed E-state index contributed by atoms with van der Waals surface area (Å²) in [6, 6.07) is 0. The minimum atomic E-state index is -0.438. The molecule has 4 aliphatic carbocycles. The number of aliphatic hydroxyl groups is 1. The molecule has 1 nitrogen and oxygen atoms in total. The summed E-state index contributed by atoms with van der Waals surface area (Å²) in [5, 5.41) is 11.8. The Balaban J connectivity index is 1.14. The van der Waals surface area contributed by atoms with Gasteiger partial charge in [0.1, 0.15) is 0 Å². The molecule has 0 spiro atoms. The Morgan fingerprint density at radius 2 is 1.39 bits per heavy atom. The molecule has 0 aromatic heterocycles. The van der Waals surface area contributed by atoms with Crippen LogP contribution >= 0.6 is 0 Å². The van der Waals surface area contributed by atoms with Gasteiger partial charge in [0.25, 0.3) is 0 Å². The molecule has 0 bridgehead atoms. The highest BCUT2D eigenvalue weighted by molar-refractivity contribution is 5.27. The highest BCUT2D eigenvalue weighted by Crippen LogP contribution is 2.68. The second-order valence-corrected chi connectivity index (χ2v) is 18.4. The van der Waals surface area contributed by atoms with E-state index in [1.165, 1.54) is 148 Å². The molecule has 266 valence electrons. The first-order valence-electron chi connectivity index (χ1n) is 21.2. The molecular weight excluding hydrogens is 556 g/mol. The molecule has 0 aromatic rings. The highest BCUT2D eigenvalue weighted by Gasteiger charge is 2.59. The van der Waals surface area contributed by atoms with E-state index in [-0.39, 0.29) is 0 Å². The van der Waals surface area contributed by atoms with Gasteiger partial charge in [0.05, 0.1) is 5.60 Å². The minimum Gasteiger partial charge on any atom is -0.390 e. The zero-order valence-corrected chi connectivity index (χ0v) is 32.0. The van der Waals surface area contributed by atoms with Crippen LogP contribution in [0.5, 0.6) is 0 Å². The SMILES string of the molecule is CCCCCCCCC=CCCCCCCCC[C@@]1(O)CC[C@@]2(C)C(=CC[C@H]3[C@@H]4CC[C@H]([C@H](C)CCCC(C)C)[C@@]4(C)CC[C@@H]32)C1. The van der Waals surface area contributed by atoms with E-state index in [9.17, 15) is 5.11 Å². The van der Waals surface area contributed by atoms with E-state index in [1.807, 2.05) is 0 Å². The highest BCUT2D eigenvalue weighted by atomic mass is 16.3. The van der Waals surface area contributed by atoms with Gasteiger partial charge in [-0.05, 0) is 130 Å². The summed E-state index contributed by atoms with van der Waals surface area (Å²) in [6.45, 7) is 15.0. The van der Waals surface area contributed by atoms with E-state index in [2.05, 4.69) is 59.8 Å². The van der Waals surface area contributed by atoms with Crippen LogP contribution in [0.25, 0.3) is 0 Å². The zero-order chi connectivity index (χ0) is 33.0. The molecule has 8 atom stereocenters. The maximum absolute atomic E-state index is 11.8. The van der Waals surface area contributed by atoms with Crippen LogP contribution in [0.15, 0.2) is 23.8 Å². The quantitative estimate of drug-likeness (QED) is 0.0981. The molecule has 0 radical (unpaired) electrons. The smallest absolute Gasteiger partial charge is 0.0685 e. The van der Waals surface area contributed by atoms with Crippen LogP contribution in [0.2, 0.25) is 0 Å². The molecule has 46 heavy (non-hydrogen) atoms. The zero-order valence-electron chi connectivity index (χ0n) is 32.0. The first-order valence-corrected chi connectivity index (χ1v) is 21.2. The molecule has 0 saturated heterocycles. The van der Waals surface area contributed by atoms with Crippen molar-refractivity contribution in [1.29, 1.82) is 0 Å². The van der Waals surface area contributed by atoms with E-state index in [0.717, 1.165) is 54.8 Å². The lowest BCUT2D eigenvalue weighted by Crippen LogP contribution is -2.52. The van der Waals surface area contributed by atoms with Crippen molar-refractivity contribution in [2.45, 2.75) is 214 Å². The number of allylic oxidation sites excluding steroid dienone is 3. The molecule has 3 saturated carbocycles. The van der Waals surface area contributed by atoms with Crippen LogP contribution < -0.4 is 0 Å². The third-order valence-electron chi connectivity index (χ3n) is 14.6. The summed E-state index contributed by atoms with van der Waals surface area (Å²) < 4.78 is 0. The predicted octanol–water partition coefficient (Wildman–Crippen LogP) is 14.2. The second-order valence-electron chi connectivity index (χ2n) is 18.4.